The molecule has 0 amide bonds. The van der Waals surface area contributed by atoms with E-state index in [1.165, 1.54) is 0 Å². The van der Waals surface area contributed by atoms with E-state index < -0.39 is 61.0 Å². The van der Waals surface area contributed by atoms with Gasteiger partial charge in [0.25, 0.3) is 0 Å². The molecule has 2 aliphatic rings. The molecule has 0 aromatic rings. The summed E-state index contributed by atoms with van der Waals surface area (Å²) in [5.74, 6) is -0.287. The number of ether oxygens (including phenoxy) is 3. The van der Waals surface area contributed by atoms with E-state index >= 15 is 0 Å². The Hall–Kier alpha value is -0.400. The number of aliphatic hydroxyl groups excluding tert-OH is 7. The van der Waals surface area contributed by atoms with Crippen molar-refractivity contribution in [2.75, 3.05) is 19.8 Å². The average molecular weight is 410 g/mol. The lowest BCUT2D eigenvalue weighted by Gasteiger charge is -2.42. The molecule has 0 radical (unpaired) electrons. The van der Waals surface area contributed by atoms with E-state index in [9.17, 15) is 35.7 Å². The standard InChI is InChI=1S/C18H34O10/c1-8(2)3-4-26-18-17(25)16(24)14(22)11(28-18)7-27-10-5-9(6-19)12(20)15(23)13(10)21/h8-25H,3-7H2,1-2H3/t9-,10?,11?,12?,13?,14?,15?,16?,17?,18?/m0/s1. The molecular formula is C18H34O10. The van der Waals surface area contributed by atoms with Gasteiger partial charge in [-0.1, -0.05) is 13.8 Å². The Bertz CT molecular complexity index is 462. The van der Waals surface area contributed by atoms with Crippen LogP contribution in [0.5, 0.6) is 0 Å². The van der Waals surface area contributed by atoms with Crippen LogP contribution in [0.2, 0.25) is 0 Å². The molecule has 1 saturated heterocycles. The monoisotopic (exact) mass is 410 g/mol. The summed E-state index contributed by atoms with van der Waals surface area (Å²) in [6.07, 6.45) is -10.8. The molecule has 10 heteroatoms. The number of rotatable bonds is 8. The SMILES string of the molecule is CC(C)CCOC1OC(COC2C[C@@H](CO)C(O)C(O)C2O)C(O)C(O)C1O. The molecule has 9 unspecified atom stereocenters. The summed E-state index contributed by atoms with van der Waals surface area (Å²) in [6, 6.07) is 0. The molecule has 1 saturated carbocycles. The fourth-order valence-electron chi connectivity index (χ4n) is 3.46. The molecule has 0 aromatic carbocycles. The molecular weight excluding hydrogens is 376 g/mol. The Balaban J connectivity index is 1.93. The van der Waals surface area contributed by atoms with Crippen LogP contribution in [0.3, 0.4) is 0 Å². The van der Waals surface area contributed by atoms with Crippen molar-refractivity contribution in [1.82, 2.24) is 0 Å². The molecule has 166 valence electrons. The van der Waals surface area contributed by atoms with Crippen LogP contribution in [0.25, 0.3) is 0 Å². The molecule has 28 heavy (non-hydrogen) atoms. The number of aliphatic hydroxyl groups is 7. The Morgan fingerprint density at radius 2 is 1.50 bits per heavy atom. The highest BCUT2D eigenvalue weighted by atomic mass is 16.7. The highest BCUT2D eigenvalue weighted by molar-refractivity contribution is 4.94. The molecule has 0 bridgehead atoms. The predicted octanol–water partition coefficient (Wildman–Crippen LogP) is -2.66. The van der Waals surface area contributed by atoms with Crippen LogP contribution in [-0.2, 0) is 14.2 Å². The molecule has 10 atom stereocenters. The van der Waals surface area contributed by atoms with Gasteiger partial charge in [-0.25, -0.2) is 0 Å². The highest BCUT2D eigenvalue weighted by Crippen LogP contribution is 2.29. The maximum atomic E-state index is 10.2. The summed E-state index contributed by atoms with van der Waals surface area (Å²) < 4.78 is 16.6. The van der Waals surface area contributed by atoms with Crippen LogP contribution in [0.1, 0.15) is 26.7 Å². The lowest BCUT2D eigenvalue weighted by Crippen LogP contribution is -2.60. The molecule has 7 N–H and O–H groups in total. The first-order valence-electron chi connectivity index (χ1n) is 9.75. The molecule has 1 aliphatic heterocycles. The smallest absolute Gasteiger partial charge is 0.186 e. The average Bonchev–Trinajstić information content (AvgIpc) is 2.66. The summed E-state index contributed by atoms with van der Waals surface area (Å²) >= 11 is 0. The van der Waals surface area contributed by atoms with Crippen LogP contribution >= 0.6 is 0 Å². The van der Waals surface area contributed by atoms with Gasteiger partial charge in [0.2, 0.25) is 0 Å². The third-order valence-corrected chi connectivity index (χ3v) is 5.45. The van der Waals surface area contributed by atoms with Gasteiger partial charge in [-0.2, -0.15) is 0 Å². The van der Waals surface area contributed by atoms with E-state index in [1.807, 2.05) is 13.8 Å². The van der Waals surface area contributed by atoms with Crippen molar-refractivity contribution < 1.29 is 50.0 Å². The normalized spacial score (nSPS) is 44.8. The van der Waals surface area contributed by atoms with Crippen LogP contribution < -0.4 is 0 Å². The largest absolute Gasteiger partial charge is 0.396 e. The number of hydrogen-bond acceptors (Lipinski definition) is 10. The van der Waals surface area contributed by atoms with Crippen molar-refractivity contribution in [3.63, 3.8) is 0 Å². The Labute approximate surface area is 164 Å². The van der Waals surface area contributed by atoms with Crippen LogP contribution in [-0.4, -0.2) is 111 Å². The van der Waals surface area contributed by atoms with Gasteiger partial charge in [0.15, 0.2) is 6.29 Å². The summed E-state index contributed by atoms with van der Waals surface area (Å²) in [4.78, 5) is 0. The molecule has 1 heterocycles. The summed E-state index contributed by atoms with van der Waals surface area (Å²) in [6.45, 7) is 3.69. The topological polar surface area (TPSA) is 169 Å². The van der Waals surface area contributed by atoms with Crippen molar-refractivity contribution in [2.24, 2.45) is 11.8 Å². The Morgan fingerprint density at radius 1 is 0.857 bits per heavy atom. The van der Waals surface area contributed by atoms with Crippen molar-refractivity contribution in [1.29, 1.82) is 0 Å². The third kappa shape index (κ3) is 5.60. The molecule has 2 rings (SSSR count). The van der Waals surface area contributed by atoms with Crippen molar-refractivity contribution in [2.45, 2.75) is 81.8 Å². The summed E-state index contributed by atoms with van der Waals surface area (Å²) in [5, 5.41) is 69.4. The molecule has 1 aliphatic carbocycles. The highest BCUT2D eigenvalue weighted by Gasteiger charge is 2.46. The lowest BCUT2D eigenvalue weighted by molar-refractivity contribution is -0.307. The Morgan fingerprint density at radius 3 is 2.11 bits per heavy atom. The van der Waals surface area contributed by atoms with Gasteiger partial charge < -0.3 is 50.0 Å². The maximum Gasteiger partial charge on any atom is 0.186 e. The minimum absolute atomic E-state index is 0.0954. The zero-order valence-electron chi connectivity index (χ0n) is 16.2. The van der Waals surface area contributed by atoms with E-state index in [2.05, 4.69) is 0 Å². The minimum atomic E-state index is -1.50. The van der Waals surface area contributed by atoms with E-state index in [0.29, 0.717) is 12.5 Å². The van der Waals surface area contributed by atoms with Gasteiger partial charge in [-0.3, -0.25) is 0 Å². The first kappa shape index (κ1) is 23.9. The second-order valence-corrected chi connectivity index (χ2v) is 8.09. The van der Waals surface area contributed by atoms with E-state index in [0.717, 1.165) is 6.42 Å². The molecule has 10 nitrogen and oxygen atoms in total. The zero-order valence-corrected chi connectivity index (χ0v) is 16.2. The molecule has 2 fully saturated rings. The zero-order chi connectivity index (χ0) is 21.0. The van der Waals surface area contributed by atoms with Gasteiger partial charge in [-0.05, 0) is 18.8 Å². The second-order valence-electron chi connectivity index (χ2n) is 8.09. The predicted molar refractivity (Wildman–Crippen MR) is 95.0 cm³/mol. The first-order valence-corrected chi connectivity index (χ1v) is 9.75. The van der Waals surface area contributed by atoms with Crippen LogP contribution in [0.4, 0.5) is 0 Å². The third-order valence-electron chi connectivity index (χ3n) is 5.45. The molecule has 0 aromatic heterocycles. The summed E-state index contributed by atoms with van der Waals surface area (Å²) in [7, 11) is 0. The van der Waals surface area contributed by atoms with Gasteiger partial charge in [-0.15, -0.1) is 0 Å². The quantitative estimate of drug-likeness (QED) is 0.224. The summed E-state index contributed by atoms with van der Waals surface area (Å²) in [5.41, 5.74) is 0. The van der Waals surface area contributed by atoms with Crippen LogP contribution in [0, 0.1) is 11.8 Å². The minimum Gasteiger partial charge on any atom is -0.396 e. The lowest BCUT2D eigenvalue weighted by atomic mass is 9.81. The van der Waals surface area contributed by atoms with Crippen molar-refractivity contribution >= 4 is 0 Å². The van der Waals surface area contributed by atoms with Crippen molar-refractivity contribution in [3.05, 3.63) is 0 Å². The van der Waals surface area contributed by atoms with Gasteiger partial charge in [0.05, 0.1) is 25.4 Å². The first-order chi connectivity index (χ1) is 13.2. The van der Waals surface area contributed by atoms with Gasteiger partial charge in [0.1, 0.15) is 36.6 Å². The maximum absolute atomic E-state index is 10.2. The second kappa shape index (κ2) is 10.6. The van der Waals surface area contributed by atoms with E-state index in [-0.39, 0.29) is 19.6 Å². The van der Waals surface area contributed by atoms with Crippen molar-refractivity contribution in [3.8, 4) is 0 Å². The fourth-order valence-corrected chi connectivity index (χ4v) is 3.46. The van der Waals surface area contributed by atoms with Crippen LogP contribution in [0.15, 0.2) is 0 Å². The molecule has 0 spiro atoms. The Kier molecular flexibility index (Phi) is 9.02. The van der Waals surface area contributed by atoms with E-state index in [1.54, 1.807) is 0 Å². The fraction of sp³-hybridized carbons (Fsp3) is 1.00. The van der Waals surface area contributed by atoms with Gasteiger partial charge in [0, 0.05) is 12.5 Å². The van der Waals surface area contributed by atoms with Gasteiger partial charge >= 0.3 is 0 Å². The number of hydrogen-bond donors (Lipinski definition) is 7. The van der Waals surface area contributed by atoms with E-state index in [4.69, 9.17) is 14.2 Å².